The van der Waals surface area contributed by atoms with E-state index in [0.29, 0.717) is 31.6 Å². The Kier molecular flexibility index (Phi) is 3.46. The molecule has 1 saturated heterocycles. The van der Waals surface area contributed by atoms with Gasteiger partial charge in [0.25, 0.3) is 5.91 Å². The molecule has 2 heterocycles. The van der Waals surface area contributed by atoms with Crippen molar-refractivity contribution in [1.29, 1.82) is 0 Å². The second-order valence-corrected chi connectivity index (χ2v) is 5.27. The number of rotatable bonds is 3. The average molecular weight is 274 g/mol. The van der Waals surface area contributed by atoms with Crippen LogP contribution in [0.3, 0.4) is 0 Å². The van der Waals surface area contributed by atoms with Crippen molar-refractivity contribution < 1.29 is 14.6 Å². The number of hydrogen-bond acceptors (Lipinski definition) is 3. The second-order valence-electron chi connectivity index (χ2n) is 5.27. The molecule has 1 aromatic carbocycles. The zero-order chi connectivity index (χ0) is 14.0. The number of carbonyl (C=O) groups is 1. The molecule has 3 N–H and O–H groups in total. The molecule has 0 saturated carbocycles. The Balaban J connectivity index is 1.70. The van der Waals surface area contributed by atoms with Gasteiger partial charge in [0.1, 0.15) is 0 Å². The Hall–Kier alpha value is -1.85. The first-order valence-corrected chi connectivity index (χ1v) is 6.82. The first-order chi connectivity index (χ1) is 9.68. The highest BCUT2D eigenvalue weighted by Crippen LogP contribution is 2.21. The van der Waals surface area contributed by atoms with Crippen molar-refractivity contribution in [1.82, 2.24) is 10.3 Å². The lowest BCUT2D eigenvalue weighted by Gasteiger charge is -2.32. The number of aromatic amines is 1. The molecule has 1 aliphatic heterocycles. The van der Waals surface area contributed by atoms with Crippen molar-refractivity contribution in [3.63, 3.8) is 0 Å². The van der Waals surface area contributed by atoms with Gasteiger partial charge < -0.3 is 20.1 Å². The highest BCUT2D eigenvalue weighted by Gasteiger charge is 2.30. The number of ether oxygens (including phenoxy) is 1. The zero-order valence-electron chi connectivity index (χ0n) is 11.2. The molecule has 0 bridgehead atoms. The molecule has 0 radical (unpaired) electrons. The number of fused-ring (bicyclic) bond motifs is 1. The number of amides is 1. The molecule has 106 valence electrons. The standard InChI is InChI=1S/C15H18N2O3/c18-14(17-10-15(19)5-7-20-8-6-15)12-9-16-13-4-2-1-3-11(12)13/h1-4,9,16,19H,5-8,10H2,(H,17,18). The predicted molar refractivity (Wildman–Crippen MR) is 75.6 cm³/mol. The fourth-order valence-corrected chi connectivity index (χ4v) is 2.53. The van der Waals surface area contributed by atoms with Gasteiger partial charge in [0, 0.05) is 49.7 Å². The summed E-state index contributed by atoms with van der Waals surface area (Å²) in [4.78, 5) is 15.3. The molecule has 1 aromatic heterocycles. The summed E-state index contributed by atoms with van der Waals surface area (Å²) in [6.07, 6.45) is 2.82. The van der Waals surface area contributed by atoms with Crippen LogP contribution in [0, 0.1) is 0 Å². The first-order valence-electron chi connectivity index (χ1n) is 6.82. The van der Waals surface area contributed by atoms with Crippen molar-refractivity contribution in [2.45, 2.75) is 18.4 Å². The fraction of sp³-hybridized carbons (Fsp3) is 0.400. The van der Waals surface area contributed by atoms with Gasteiger partial charge in [0.15, 0.2) is 0 Å². The van der Waals surface area contributed by atoms with E-state index in [9.17, 15) is 9.90 Å². The summed E-state index contributed by atoms with van der Waals surface area (Å²) in [5, 5.41) is 14.0. The van der Waals surface area contributed by atoms with E-state index in [0.717, 1.165) is 10.9 Å². The van der Waals surface area contributed by atoms with E-state index in [-0.39, 0.29) is 12.5 Å². The van der Waals surface area contributed by atoms with Crippen molar-refractivity contribution in [2.75, 3.05) is 19.8 Å². The summed E-state index contributed by atoms with van der Waals surface area (Å²) >= 11 is 0. The minimum absolute atomic E-state index is 0.164. The third-order valence-electron chi connectivity index (χ3n) is 3.84. The van der Waals surface area contributed by atoms with E-state index >= 15 is 0 Å². The minimum Gasteiger partial charge on any atom is -0.388 e. The van der Waals surface area contributed by atoms with Gasteiger partial charge in [-0.2, -0.15) is 0 Å². The van der Waals surface area contributed by atoms with Crippen LogP contribution in [0.1, 0.15) is 23.2 Å². The highest BCUT2D eigenvalue weighted by atomic mass is 16.5. The number of carbonyl (C=O) groups excluding carboxylic acids is 1. The molecule has 0 spiro atoms. The van der Waals surface area contributed by atoms with Crippen LogP contribution < -0.4 is 5.32 Å². The van der Waals surface area contributed by atoms with E-state index in [1.165, 1.54) is 0 Å². The third-order valence-corrected chi connectivity index (χ3v) is 3.84. The average Bonchev–Trinajstić information content (AvgIpc) is 2.90. The van der Waals surface area contributed by atoms with Gasteiger partial charge in [0.2, 0.25) is 0 Å². The number of aliphatic hydroxyl groups is 1. The van der Waals surface area contributed by atoms with Crippen LogP contribution in [0.2, 0.25) is 0 Å². The van der Waals surface area contributed by atoms with Gasteiger partial charge in [-0.05, 0) is 6.07 Å². The fourth-order valence-electron chi connectivity index (χ4n) is 2.53. The summed E-state index contributed by atoms with van der Waals surface area (Å²) in [6, 6.07) is 7.66. The van der Waals surface area contributed by atoms with Gasteiger partial charge in [-0.15, -0.1) is 0 Å². The molecule has 0 aliphatic carbocycles. The summed E-state index contributed by atoms with van der Waals surface area (Å²) in [6.45, 7) is 1.34. The molecule has 1 amide bonds. The second kappa shape index (κ2) is 5.26. The molecule has 2 aromatic rings. The Bertz CT molecular complexity index is 614. The lowest BCUT2D eigenvalue weighted by Crippen LogP contribution is -2.46. The number of nitrogens with one attached hydrogen (secondary N) is 2. The van der Waals surface area contributed by atoms with Crippen LogP contribution in [0.4, 0.5) is 0 Å². The maximum absolute atomic E-state index is 12.2. The van der Waals surface area contributed by atoms with Crippen LogP contribution in [0.15, 0.2) is 30.5 Å². The smallest absolute Gasteiger partial charge is 0.253 e. The van der Waals surface area contributed by atoms with Crippen LogP contribution in [0.25, 0.3) is 10.9 Å². The number of benzene rings is 1. The summed E-state index contributed by atoms with van der Waals surface area (Å²) < 4.78 is 5.22. The van der Waals surface area contributed by atoms with E-state index in [1.807, 2.05) is 24.3 Å². The van der Waals surface area contributed by atoms with Crippen molar-refractivity contribution in [2.24, 2.45) is 0 Å². The lowest BCUT2D eigenvalue weighted by molar-refractivity contribution is -0.0605. The molecule has 3 rings (SSSR count). The molecule has 1 aliphatic rings. The van der Waals surface area contributed by atoms with Gasteiger partial charge in [-0.3, -0.25) is 4.79 Å². The molecule has 20 heavy (non-hydrogen) atoms. The number of H-pyrrole nitrogens is 1. The van der Waals surface area contributed by atoms with E-state index in [1.54, 1.807) is 6.20 Å². The van der Waals surface area contributed by atoms with Gasteiger partial charge in [-0.25, -0.2) is 0 Å². The monoisotopic (exact) mass is 274 g/mol. The maximum Gasteiger partial charge on any atom is 0.253 e. The van der Waals surface area contributed by atoms with Crippen molar-refractivity contribution >= 4 is 16.8 Å². The molecule has 5 nitrogen and oxygen atoms in total. The van der Waals surface area contributed by atoms with Gasteiger partial charge in [-0.1, -0.05) is 18.2 Å². The van der Waals surface area contributed by atoms with Crippen LogP contribution in [0.5, 0.6) is 0 Å². The molecule has 1 fully saturated rings. The maximum atomic E-state index is 12.2. The first kappa shape index (κ1) is 13.1. The Morgan fingerprint density at radius 1 is 1.35 bits per heavy atom. The predicted octanol–water partition coefficient (Wildman–Crippen LogP) is 1.44. The van der Waals surface area contributed by atoms with Gasteiger partial charge in [0.05, 0.1) is 11.2 Å². The van der Waals surface area contributed by atoms with Crippen LogP contribution >= 0.6 is 0 Å². The SMILES string of the molecule is O=C(NCC1(O)CCOCC1)c1c[nH]c2ccccc12. The molecule has 0 atom stereocenters. The van der Waals surface area contributed by atoms with E-state index in [4.69, 9.17) is 4.74 Å². The molecule has 5 heteroatoms. The van der Waals surface area contributed by atoms with Crippen LogP contribution in [-0.2, 0) is 4.74 Å². The topological polar surface area (TPSA) is 74.3 Å². The Morgan fingerprint density at radius 3 is 2.90 bits per heavy atom. The van der Waals surface area contributed by atoms with E-state index < -0.39 is 5.60 Å². The van der Waals surface area contributed by atoms with Crippen molar-refractivity contribution in [3.8, 4) is 0 Å². The Labute approximate surface area is 116 Å². The third kappa shape index (κ3) is 2.55. The molecular weight excluding hydrogens is 256 g/mol. The number of hydrogen-bond donors (Lipinski definition) is 3. The van der Waals surface area contributed by atoms with E-state index in [2.05, 4.69) is 10.3 Å². The van der Waals surface area contributed by atoms with Crippen LogP contribution in [-0.4, -0.2) is 41.4 Å². The zero-order valence-corrected chi connectivity index (χ0v) is 11.2. The summed E-state index contributed by atoms with van der Waals surface area (Å²) in [5.41, 5.74) is 0.693. The quantitative estimate of drug-likeness (QED) is 0.793. The normalized spacial score (nSPS) is 18.1. The highest BCUT2D eigenvalue weighted by molar-refractivity contribution is 6.06. The summed E-state index contributed by atoms with van der Waals surface area (Å²) in [7, 11) is 0. The van der Waals surface area contributed by atoms with Crippen molar-refractivity contribution in [3.05, 3.63) is 36.0 Å². The number of para-hydroxylation sites is 1. The molecule has 0 unspecified atom stereocenters. The number of aromatic nitrogens is 1. The summed E-state index contributed by atoms with van der Waals surface area (Å²) in [5.74, 6) is -0.164. The lowest BCUT2D eigenvalue weighted by atomic mass is 9.94. The largest absolute Gasteiger partial charge is 0.388 e. The Morgan fingerprint density at radius 2 is 2.10 bits per heavy atom. The minimum atomic E-state index is -0.847. The van der Waals surface area contributed by atoms with Gasteiger partial charge >= 0.3 is 0 Å². The molecular formula is C15H18N2O3.